The first kappa shape index (κ1) is 9.90. The van der Waals surface area contributed by atoms with Crippen LogP contribution in [0.3, 0.4) is 0 Å². The zero-order valence-electron chi connectivity index (χ0n) is 6.46. The molecule has 64 valence electrons. The molecule has 0 spiro atoms. The van der Waals surface area contributed by atoms with E-state index in [-0.39, 0.29) is 11.8 Å². The summed E-state index contributed by atoms with van der Waals surface area (Å²) in [4.78, 5) is 24.9. The Morgan fingerprint density at radius 2 is 2.09 bits per heavy atom. The lowest BCUT2D eigenvalue weighted by Crippen LogP contribution is -2.29. The van der Waals surface area contributed by atoms with Crippen LogP contribution in [0.15, 0.2) is 0 Å². The van der Waals surface area contributed by atoms with E-state index < -0.39 is 12.6 Å². The van der Waals surface area contributed by atoms with Gasteiger partial charge in [-0.25, -0.2) is 10.3 Å². The van der Waals surface area contributed by atoms with Crippen molar-refractivity contribution in [2.75, 3.05) is 6.61 Å². The van der Waals surface area contributed by atoms with Crippen molar-refractivity contribution < 1.29 is 19.5 Å². The van der Waals surface area contributed by atoms with Gasteiger partial charge in [0, 0.05) is 5.92 Å². The lowest BCUT2D eigenvalue weighted by atomic mass is 10.2. The van der Waals surface area contributed by atoms with E-state index in [1.807, 2.05) is 5.48 Å². The highest BCUT2D eigenvalue weighted by atomic mass is 16.7. The van der Waals surface area contributed by atoms with E-state index in [9.17, 15) is 9.59 Å². The largest absolute Gasteiger partial charge is 0.479 e. The van der Waals surface area contributed by atoms with Gasteiger partial charge in [0.1, 0.15) is 0 Å². The number of aliphatic carboxylic acids is 1. The van der Waals surface area contributed by atoms with Gasteiger partial charge in [-0.2, -0.15) is 0 Å². The summed E-state index contributed by atoms with van der Waals surface area (Å²) >= 11 is 0. The summed E-state index contributed by atoms with van der Waals surface area (Å²) in [5, 5.41) is 8.09. The quantitative estimate of drug-likeness (QED) is 0.558. The van der Waals surface area contributed by atoms with Gasteiger partial charge in [0.2, 0.25) is 5.91 Å². The van der Waals surface area contributed by atoms with E-state index in [4.69, 9.17) is 5.11 Å². The molecule has 0 saturated carbocycles. The third-order valence-corrected chi connectivity index (χ3v) is 0.893. The molecule has 0 saturated heterocycles. The molecule has 0 rings (SSSR count). The van der Waals surface area contributed by atoms with Crippen LogP contribution >= 0.6 is 0 Å². The fraction of sp³-hybridized carbons (Fsp3) is 0.667. The number of amides is 1. The number of carboxylic acids is 1. The van der Waals surface area contributed by atoms with Crippen molar-refractivity contribution in [3.63, 3.8) is 0 Å². The molecule has 0 aliphatic heterocycles. The molecular formula is C6H11NO4. The highest BCUT2D eigenvalue weighted by molar-refractivity contribution is 5.77. The van der Waals surface area contributed by atoms with Gasteiger partial charge in [-0.15, -0.1) is 0 Å². The minimum absolute atomic E-state index is 0.205. The van der Waals surface area contributed by atoms with Crippen LogP contribution in [-0.2, 0) is 14.4 Å². The normalized spacial score (nSPS) is 9.73. The molecule has 0 aromatic rings. The molecule has 0 bridgehead atoms. The fourth-order valence-electron chi connectivity index (χ4n) is 0.287. The summed E-state index contributed by atoms with van der Waals surface area (Å²) < 4.78 is 0. The Morgan fingerprint density at radius 3 is 2.45 bits per heavy atom. The van der Waals surface area contributed by atoms with Crippen molar-refractivity contribution in [1.82, 2.24) is 5.48 Å². The molecule has 0 aliphatic rings. The van der Waals surface area contributed by atoms with E-state index in [1.54, 1.807) is 13.8 Å². The first-order valence-corrected chi connectivity index (χ1v) is 3.17. The molecule has 2 N–H and O–H groups in total. The van der Waals surface area contributed by atoms with Crippen LogP contribution in [-0.4, -0.2) is 23.6 Å². The van der Waals surface area contributed by atoms with Gasteiger partial charge in [-0.1, -0.05) is 13.8 Å². The maximum absolute atomic E-state index is 10.7. The summed E-state index contributed by atoms with van der Waals surface area (Å²) in [6, 6.07) is 0. The minimum atomic E-state index is -1.12. The lowest BCUT2D eigenvalue weighted by molar-refractivity contribution is -0.150. The first-order valence-electron chi connectivity index (χ1n) is 3.17. The van der Waals surface area contributed by atoms with Crippen LogP contribution in [0.5, 0.6) is 0 Å². The number of rotatable bonds is 4. The maximum Gasteiger partial charge on any atom is 0.332 e. The second-order valence-corrected chi connectivity index (χ2v) is 2.30. The van der Waals surface area contributed by atoms with E-state index in [0.29, 0.717) is 0 Å². The Morgan fingerprint density at radius 1 is 1.55 bits per heavy atom. The molecule has 11 heavy (non-hydrogen) atoms. The van der Waals surface area contributed by atoms with Gasteiger partial charge in [0.25, 0.3) is 0 Å². The van der Waals surface area contributed by atoms with Crippen molar-refractivity contribution in [2.45, 2.75) is 13.8 Å². The SMILES string of the molecule is CC(C)C(=O)NOCC(=O)O. The zero-order chi connectivity index (χ0) is 8.85. The first-order chi connectivity index (χ1) is 5.04. The van der Waals surface area contributed by atoms with Gasteiger partial charge >= 0.3 is 5.97 Å². The average Bonchev–Trinajstić information content (AvgIpc) is 1.86. The second-order valence-electron chi connectivity index (χ2n) is 2.30. The van der Waals surface area contributed by atoms with Gasteiger partial charge in [-0.05, 0) is 0 Å². The molecule has 5 heteroatoms. The van der Waals surface area contributed by atoms with Crippen LogP contribution in [0.4, 0.5) is 0 Å². The van der Waals surface area contributed by atoms with Crippen molar-refractivity contribution in [1.29, 1.82) is 0 Å². The summed E-state index contributed by atoms with van der Waals surface area (Å²) in [7, 11) is 0. The van der Waals surface area contributed by atoms with Gasteiger partial charge < -0.3 is 5.11 Å². The van der Waals surface area contributed by atoms with Gasteiger partial charge in [0.05, 0.1) is 0 Å². The zero-order valence-corrected chi connectivity index (χ0v) is 6.46. The van der Waals surface area contributed by atoms with Crippen LogP contribution in [0, 0.1) is 5.92 Å². The van der Waals surface area contributed by atoms with E-state index in [1.165, 1.54) is 0 Å². The molecule has 0 unspecified atom stereocenters. The molecule has 0 atom stereocenters. The third-order valence-electron chi connectivity index (χ3n) is 0.893. The van der Waals surface area contributed by atoms with Crippen LogP contribution in [0.2, 0.25) is 0 Å². The fourth-order valence-corrected chi connectivity index (χ4v) is 0.287. The minimum Gasteiger partial charge on any atom is -0.479 e. The summed E-state index contributed by atoms with van der Waals surface area (Å²) in [5.41, 5.74) is 1.99. The van der Waals surface area contributed by atoms with E-state index in [0.717, 1.165) is 0 Å². The van der Waals surface area contributed by atoms with Crippen LogP contribution in [0.25, 0.3) is 0 Å². The predicted molar refractivity (Wildman–Crippen MR) is 36.6 cm³/mol. The van der Waals surface area contributed by atoms with Gasteiger partial charge in [-0.3, -0.25) is 9.63 Å². The molecule has 5 nitrogen and oxygen atoms in total. The topological polar surface area (TPSA) is 75.6 Å². The number of nitrogens with one attached hydrogen (secondary N) is 1. The number of carbonyl (C=O) groups is 2. The highest BCUT2D eigenvalue weighted by Crippen LogP contribution is 1.89. The van der Waals surface area contributed by atoms with Gasteiger partial charge in [0.15, 0.2) is 6.61 Å². The lowest BCUT2D eigenvalue weighted by Gasteiger charge is -2.04. The van der Waals surface area contributed by atoms with E-state index >= 15 is 0 Å². The van der Waals surface area contributed by atoms with E-state index in [2.05, 4.69) is 4.84 Å². The average molecular weight is 161 g/mol. The molecule has 1 amide bonds. The Balaban J connectivity index is 3.39. The number of carboxylic acid groups (broad SMARTS) is 1. The molecule has 0 aromatic heterocycles. The van der Waals surface area contributed by atoms with Crippen molar-refractivity contribution >= 4 is 11.9 Å². The summed E-state index contributed by atoms with van der Waals surface area (Å²) in [6.45, 7) is 2.84. The standard InChI is InChI=1S/C6H11NO4/c1-4(2)6(10)7-11-3-5(8)9/h4H,3H2,1-2H3,(H,7,10)(H,8,9). The number of hydroxylamine groups is 1. The molecule has 0 aliphatic carbocycles. The molecule has 0 aromatic carbocycles. The molecule has 0 heterocycles. The number of hydrogen-bond donors (Lipinski definition) is 2. The Bertz CT molecular complexity index is 155. The third kappa shape index (κ3) is 5.35. The number of carbonyl (C=O) groups excluding carboxylic acids is 1. The molecule has 0 radical (unpaired) electrons. The van der Waals surface area contributed by atoms with Crippen molar-refractivity contribution in [3.05, 3.63) is 0 Å². The Kier molecular flexibility index (Phi) is 4.21. The summed E-state index contributed by atoms with van der Waals surface area (Å²) in [5.74, 6) is -1.65. The Hall–Kier alpha value is -1.10. The van der Waals surface area contributed by atoms with Crippen LogP contribution in [0.1, 0.15) is 13.8 Å². The molecule has 0 fully saturated rings. The summed E-state index contributed by atoms with van der Waals surface area (Å²) in [6.07, 6.45) is 0. The Labute approximate surface area is 64.3 Å². The second kappa shape index (κ2) is 4.68. The highest BCUT2D eigenvalue weighted by Gasteiger charge is 2.06. The smallest absolute Gasteiger partial charge is 0.332 e. The van der Waals surface area contributed by atoms with Crippen molar-refractivity contribution in [3.8, 4) is 0 Å². The molecular weight excluding hydrogens is 150 g/mol. The maximum atomic E-state index is 10.7. The monoisotopic (exact) mass is 161 g/mol. The predicted octanol–water partition coefficient (Wildman–Crippen LogP) is -0.225. The van der Waals surface area contributed by atoms with Crippen LogP contribution < -0.4 is 5.48 Å². The van der Waals surface area contributed by atoms with Crippen molar-refractivity contribution in [2.24, 2.45) is 5.92 Å². The number of hydrogen-bond acceptors (Lipinski definition) is 3.